The summed E-state index contributed by atoms with van der Waals surface area (Å²) in [6, 6.07) is 1.92. The first-order chi connectivity index (χ1) is 12.0. The second-order valence-corrected chi connectivity index (χ2v) is 8.86. The number of piperidine rings is 1. The fraction of sp³-hybridized carbons (Fsp3) is 0.750. The van der Waals surface area contributed by atoms with E-state index in [4.69, 9.17) is 4.74 Å². The van der Waals surface area contributed by atoms with Crippen molar-refractivity contribution < 1.29 is 17.9 Å². The summed E-state index contributed by atoms with van der Waals surface area (Å²) in [6.07, 6.45) is 3.20. The van der Waals surface area contributed by atoms with Gasteiger partial charge in [0.1, 0.15) is 0 Å². The number of aromatic nitrogens is 2. The van der Waals surface area contributed by atoms with E-state index < -0.39 is 15.9 Å². The first-order valence-corrected chi connectivity index (χ1v) is 10.7. The number of nitrogens with zero attached hydrogens (tertiary/aromatic N) is 3. The summed E-state index contributed by atoms with van der Waals surface area (Å²) in [4.78, 5) is 14.1. The summed E-state index contributed by atoms with van der Waals surface area (Å²) in [5, 5.41) is 7.13. The van der Waals surface area contributed by atoms with Crippen LogP contribution in [0.25, 0.3) is 0 Å². The molecule has 2 amide bonds. The van der Waals surface area contributed by atoms with Gasteiger partial charge >= 0.3 is 6.03 Å². The van der Waals surface area contributed by atoms with Crippen LogP contribution in [0.2, 0.25) is 0 Å². The predicted molar refractivity (Wildman–Crippen MR) is 93.2 cm³/mol. The van der Waals surface area contributed by atoms with Crippen LogP contribution in [-0.2, 0) is 21.1 Å². The van der Waals surface area contributed by atoms with Gasteiger partial charge in [0, 0.05) is 44.0 Å². The van der Waals surface area contributed by atoms with Crippen molar-refractivity contribution in [1.29, 1.82) is 0 Å². The quantitative estimate of drug-likeness (QED) is 0.838. The highest BCUT2D eigenvalue weighted by Gasteiger charge is 2.28. The number of carbonyl (C=O) groups excluding carboxylic acids is 1. The zero-order chi connectivity index (χ0) is 17.9. The van der Waals surface area contributed by atoms with Gasteiger partial charge in [-0.3, -0.25) is 4.68 Å². The topological polar surface area (TPSA) is 93.5 Å². The average Bonchev–Trinajstić information content (AvgIpc) is 3.08. The number of nitrogens with one attached hydrogen (secondary N) is 1. The number of hydrogen-bond acceptors (Lipinski definition) is 5. The van der Waals surface area contributed by atoms with E-state index in [1.54, 1.807) is 4.90 Å². The second-order valence-electron chi connectivity index (χ2n) is 6.63. The Kier molecular flexibility index (Phi) is 5.63. The number of carbonyl (C=O) groups is 1. The van der Waals surface area contributed by atoms with Crippen LogP contribution in [0.3, 0.4) is 0 Å². The third-order valence-corrected chi connectivity index (χ3v) is 6.59. The van der Waals surface area contributed by atoms with Crippen LogP contribution in [-0.4, -0.2) is 73.0 Å². The minimum absolute atomic E-state index is 0.0175. The van der Waals surface area contributed by atoms with Crippen molar-refractivity contribution in [3.63, 3.8) is 0 Å². The number of sulfone groups is 1. The van der Waals surface area contributed by atoms with E-state index in [1.165, 1.54) is 5.69 Å². The highest BCUT2D eigenvalue weighted by atomic mass is 32.2. The maximum Gasteiger partial charge on any atom is 0.317 e. The van der Waals surface area contributed by atoms with Crippen molar-refractivity contribution in [3.05, 3.63) is 18.0 Å². The summed E-state index contributed by atoms with van der Waals surface area (Å²) in [6.45, 7) is 4.75. The number of likely N-dealkylation sites (tertiary alicyclic amines) is 1. The molecule has 2 aliphatic heterocycles. The van der Waals surface area contributed by atoms with Crippen molar-refractivity contribution in [2.75, 3.05) is 37.7 Å². The Morgan fingerprint density at radius 1 is 1.40 bits per heavy atom. The lowest BCUT2D eigenvalue weighted by molar-refractivity contribution is 0.0713. The van der Waals surface area contributed by atoms with Crippen molar-refractivity contribution in [1.82, 2.24) is 20.0 Å². The highest BCUT2D eigenvalue weighted by Crippen LogP contribution is 2.27. The molecule has 2 fully saturated rings. The van der Waals surface area contributed by atoms with Gasteiger partial charge in [0.05, 0.1) is 24.2 Å². The third-order valence-electron chi connectivity index (χ3n) is 4.92. The second kappa shape index (κ2) is 7.74. The highest BCUT2D eigenvalue weighted by molar-refractivity contribution is 7.91. The Labute approximate surface area is 148 Å². The molecule has 8 nitrogen and oxygen atoms in total. The molecule has 0 aliphatic carbocycles. The van der Waals surface area contributed by atoms with Gasteiger partial charge in [0.25, 0.3) is 0 Å². The molecule has 0 saturated carbocycles. The molecule has 140 valence electrons. The summed E-state index contributed by atoms with van der Waals surface area (Å²) in [5.74, 6) is 0.480. The van der Waals surface area contributed by atoms with E-state index in [9.17, 15) is 13.2 Å². The number of amides is 2. The minimum atomic E-state index is -3.04. The molecule has 0 radical (unpaired) electrons. The van der Waals surface area contributed by atoms with E-state index in [2.05, 4.69) is 23.4 Å². The van der Waals surface area contributed by atoms with Crippen molar-refractivity contribution in [2.24, 2.45) is 0 Å². The van der Waals surface area contributed by atoms with Crippen LogP contribution in [0.15, 0.2) is 12.3 Å². The first kappa shape index (κ1) is 18.2. The number of aryl methyl sites for hydroxylation is 1. The monoisotopic (exact) mass is 370 g/mol. The van der Waals surface area contributed by atoms with E-state index in [-0.39, 0.29) is 30.7 Å². The smallest absolute Gasteiger partial charge is 0.317 e. The van der Waals surface area contributed by atoms with E-state index >= 15 is 0 Å². The molecule has 1 aromatic rings. The van der Waals surface area contributed by atoms with Gasteiger partial charge in [-0.25, -0.2) is 13.2 Å². The summed E-state index contributed by atoms with van der Waals surface area (Å²) in [5.41, 5.74) is 1.24. The Morgan fingerprint density at radius 3 is 2.84 bits per heavy atom. The lowest BCUT2D eigenvalue weighted by Crippen LogP contribution is -2.48. The molecule has 9 heteroatoms. The lowest BCUT2D eigenvalue weighted by atomic mass is 9.93. The third kappa shape index (κ3) is 4.52. The molecule has 1 atom stereocenters. The number of ether oxygens (including phenoxy) is 1. The van der Waals surface area contributed by atoms with Gasteiger partial charge < -0.3 is 15.0 Å². The fourth-order valence-electron chi connectivity index (χ4n) is 3.52. The summed E-state index contributed by atoms with van der Waals surface area (Å²) >= 11 is 0. The van der Waals surface area contributed by atoms with Crippen molar-refractivity contribution in [3.8, 4) is 0 Å². The molecular weight excluding hydrogens is 344 g/mol. The molecule has 1 N–H and O–H groups in total. The van der Waals surface area contributed by atoms with Crippen LogP contribution < -0.4 is 5.32 Å². The van der Waals surface area contributed by atoms with Gasteiger partial charge in [0.15, 0.2) is 9.84 Å². The maximum atomic E-state index is 12.3. The Morgan fingerprint density at radius 2 is 2.16 bits per heavy atom. The average molecular weight is 370 g/mol. The Bertz CT molecular complexity index is 695. The predicted octanol–water partition coefficient (Wildman–Crippen LogP) is 0.606. The molecule has 2 aliphatic rings. The van der Waals surface area contributed by atoms with Gasteiger partial charge in [-0.05, 0) is 25.8 Å². The van der Waals surface area contributed by atoms with E-state index in [0.29, 0.717) is 19.0 Å². The van der Waals surface area contributed by atoms with Gasteiger partial charge in [0.2, 0.25) is 0 Å². The molecule has 0 aromatic carbocycles. The van der Waals surface area contributed by atoms with Gasteiger partial charge in [-0.1, -0.05) is 0 Å². The number of rotatable bonds is 4. The Hall–Kier alpha value is -1.61. The van der Waals surface area contributed by atoms with Gasteiger partial charge in [-0.15, -0.1) is 0 Å². The van der Waals surface area contributed by atoms with Crippen LogP contribution in [0.5, 0.6) is 0 Å². The molecule has 0 spiro atoms. The molecule has 1 aromatic heterocycles. The van der Waals surface area contributed by atoms with Gasteiger partial charge in [-0.2, -0.15) is 5.10 Å². The molecule has 3 heterocycles. The number of urea groups is 1. The van der Waals surface area contributed by atoms with Crippen molar-refractivity contribution >= 4 is 15.9 Å². The standard InChI is InChI=1S/C16H26N4O4S/c1-2-20-15(3-6-18-20)13-4-7-19(8-5-13)16(21)17-11-14-12-25(22,23)10-9-24-14/h3,6,13-14H,2,4-5,7-12H2,1H3,(H,17,21). The van der Waals surface area contributed by atoms with Crippen LogP contribution >= 0.6 is 0 Å². The van der Waals surface area contributed by atoms with Crippen LogP contribution in [0.1, 0.15) is 31.4 Å². The Balaban J connectivity index is 1.45. The van der Waals surface area contributed by atoms with Crippen molar-refractivity contribution in [2.45, 2.75) is 38.3 Å². The molecule has 3 rings (SSSR count). The fourth-order valence-corrected chi connectivity index (χ4v) is 4.82. The lowest BCUT2D eigenvalue weighted by Gasteiger charge is -2.33. The molecule has 1 unspecified atom stereocenters. The molecule has 0 bridgehead atoms. The maximum absolute atomic E-state index is 12.3. The zero-order valence-electron chi connectivity index (χ0n) is 14.6. The molecular formula is C16H26N4O4S. The molecule has 2 saturated heterocycles. The summed E-state index contributed by atoms with van der Waals surface area (Å²) in [7, 11) is -3.04. The van der Waals surface area contributed by atoms with Crippen LogP contribution in [0.4, 0.5) is 4.79 Å². The van der Waals surface area contributed by atoms with E-state index in [1.807, 2.05) is 10.9 Å². The largest absolute Gasteiger partial charge is 0.374 e. The number of hydrogen-bond donors (Lipinski definition) is 1. The normalized spacial score (nSPS) is 24.2. The molecule has 25 heavy (non-hydrogen) atoms. The first-order valence-electron chi connectivity index (χ1n) is 8.85. The van der Waals surface area contributed by atoms with Crippen LogP contribution in [0, 0.1) is 0 Å². The van der Waals surface area contributed by atoms with E-state index in [0.717, 1.165) is 19.4 Å². The zero-order valence-corrected chi connectivity index (χ0v) is 15.4. The summed E-state index contributed by atoms with van der Waals surface area (Å²) < 4.78 is 30.6. The minimum Gasteiger partial charge on any atom is -0.374 e. The SMILES string of the molecule is CCn1nccc1C1CCN(C(=O)NCC2CS(=O)(=O)CCO2)CC1.